The number of hydrogen-bond donors (Lipinski definition) is 1. The molecule has 1 N–H and O–H groups in total. The quantitative estimate of drug-likeness (QED) is 0.673. The standard InChI is InChI=1S/C27H34N2O.ClH/c30-25-14-17-29(22-9-2-1-3-10-22)27(25)15-18-28(19-16-27)24-13-12-21-7-4-6-20-8-5-11-23(24)26(20)21;/h1-3,5,8-11,21,24-25,30H,4,6-7,12-19H2;1H. The molecule has 2 fully saturated rings. The second-order valence-corrected chi connectivity index (χ2v) is 10.0. The van der Waals surface area contributed by atoms with Gasteiger partial charge in [0.05, 0.1) is 11.6 Å². The zero-order valence-electron chi connectivity index (χ0n) is 18.4. The summed E-state index contributed by atoms with van der Waals surface area (Å²) in [5.41, 5.74) is 6.17. The smallest absolute Gasteiger partial charge is 0.0789 e. The molecule has 3 nitrogen and oxygen atoms in total. The van der Waals surface area contributed by atoms with Crippen LogP contribution in [0.5, 0.6) is 0 Å². The van der Waals surface area contributed by atoms with Crippen LogP contribution < -0.4 is 4.90 Å². The minimum atomic E-state index is -0.208. The molecule has 4 heteroatoms. The van der Waals surface area contributed by atoms with Crippen LogP contribution in [0.25, 0.3) is 0 Å². The highest BCUT2D eigenvalue weighted by molar-refractivity contribution is 5.85. The Morgan fingerprint density at radius 3 is 2.45 bits per heavy atom. The molecule has 3 atom stereocenters. The number of benzene rings is 2. The van der Waals surface area contributed by atoms with Gasteiger partial charge in [-0.2, -0.15) is 0 Å². The number of likely N-dealkylation sites (tertiary alicyclic amines) is 1. The van der Waals surface area contributed by atoms with Gasteiger partial charge in [-0.3, -0.25) is 4.90 Å². The van der Waals surface area contributed by atoms with E-state index in [0.29, 0.717) is 6.04 Å². The fourth-order valence-electron chi connectivity index (χ4n) is 7.25. The van der Waals surface area contributed by atoms with Gasteiger partial charge in [-0.1, -0.05) is 36.4 Å². The summed E-state index contributed by atoms with van der Waals surface area (Å²) in [7, 11) is 0. The third-order valence-electron chi connectivity index (χ3n) is 8.74. The van der Waals surface area contributed by atoms with Crippen molar-refractivity contribution in [2.75, 3.05) is 24.5 Å². The average molecular weight is 439 g/mol. The highest BCUT2D eigenvalue weighted by Gasteiger charge is 2.50. The molecule has 0 saturated carbocycles. The lowest BCUT2D eigenvalue weighted by Crippen LogP contribution is -2.58. The summed E-state index contributed by atoms with van der Waals surface area (Å²) in [6.07, 6.45) is 9.51. The Bertz CT molecular complexity index is 909. The van der Waals surface area contributed by atoms with Gasteiger partial charge in [-0.05, 0) is 86.1 Å². The first-order valence-electron chi connectivity index (χ1n) is 12.1. The van der Waals surface area contributed by atoms with Crippen LogP contribution in [0.15, 0.2) is 48.5 Å². The van der Waals surface area contributed by atoms with Gasteiger partial charge >= 0.3 is 0 Å². The molecular formula is C27H35ClN2O. The highest BCUT2D eigenvalue weighted by atomic mass is 35.5. The van der Waals surface area contributed by atoms with Crippen LogP contribution in [-0.2, 0) is 6.42 Å². The molecule has 0 aromatic heterocycles. The Kier molecular flexibility index (Phi) is 5.79. The first-order valence-corrected chi connectivity index (χ1v) is 12.1. The molecule has 2 aromatic carbocycles. The molecule has 2 aliphatic heterocycles. The van der Waals surface area contributed by atoms with Gasteiger partial charge in [0.2, 0.25) is 0 Å². The van der Waals surface area contributed by atoms with E-state index < -0.39 is 0 Å². The van der Waals surface area contributed by atoms with Crippen molar-refractivity contribution >= 4 is 18.1 Å². The van der Waals surface area contributed by atoms with Gasteiger partial charge < -0.3 is 10.0 Å². The maximum atomic E-state index is 11.0. The topological polar surface area (TPSA) is 26.7 Å². The Hall–Kier alpha value is -1.55. The Morgan fingerprint density at radius 1 is 0.839 bits per heavy atom. The third kappa shape index (κ3) is 3.41. The van der Waals surface area contributed by atoms with Crippen molar-refractivity contribution in [3.05, 3.63) is 65.2 Å². The second-order valence-electron chi connectivity index (χ2n) is 10.0. The van der Waals surface area contributed by atoms with E-state index >= 15 is 0 Å². The van der Waals surface area contributed by atoms with E-state index in [4.69, 9.17) is 0 Å². The van der Waals surface area contributed by atoms with Crippen molar-refractivity contribution in [3.8, 4) is 0 Å². The SMILES string of the molecule is Cl.OC1CCN(c2ccccc2)C12CCN(C1CCC3CCCc4cccc1c43)CC2. The zero-order valence-corrected chi connectivity index (χ0v) is 19.2. The lowest BCUT2D eigenvalue weighted by atomic mass is 9.71. The molecule has 0 amide bonds. The first kappa shape index (κ1) is 21.3. The molecule has 3 unspecified atom stereocenters. The monoisotopic (exact) mass is 438 g/mol. The number of piperidine rings is 1. The predicted octanol–water partition coefficient (Wildman–Crippen LogP) is 5.47. The molecule has 4 aliphatic rings. The summed E-state index contributed by atoms with van der Waals surface area (Å²) in [6.45, 7) is 3.17. The van der Waals surface area contributed by atoms with Crippen LogP contribution >= 0.6 is 12.4 Å². The van der Waals surface area contributed by atoms with Gasteiger partial charge in [0.1, 0.15) is 0 Å². The van der Waals surface area contributed by atoms with Crippen molar-refractivity contribution in [1.82, 2.24) is 4.90 Å². The fourth-order valence-corrected chi connectivity index (χ4v) is 7.25. The molecule has 2 heterocycles. The molecule has 0 radical (unpaired) electrons. The number of aliphatic hydroxyl groups is 1. The van der Waals surface area contributed by atoms with Gasteiger partial charge in [-0.15, -0.1) is 12.4 Å². The number of aryl methyl sites for hydroxylation is 1. The van der Waals surface area contributed by atoms with Crippen LogP contribution in [0.3, 0.4) is 0 Å². The summed E-state index contributed by atoms with van der Waals surface area (Å²) < 4.78 is 0. The summed E-state index contributed by atoms with van der Waals surface area (Å²) in [5.74, 6) is 0.808. The maximum Gasteiger partial charge on any atom is 0.0789 e. The number of nitrogens with zero attached hydrogens (tertiary/aromatic N) is 2. The minimum absolute atomic E-state index is 0. The minimum Gasteiger partial charge on any atom is -0.391 e. The average Bonchev–Trinajstić information content (AvgIpc) is 3.11. The van der Waals surface area contributed by atoms with Crippen LogP contribution in [0.2, 0.25) is 0 Å². The Balaban J connectivity index is 0.00000204. The molecule has 6 rings (SSSR count). The van der Waals surface area contributed by atoms with E-state index in [-0.39, 0.29) is 24.0 Å². The molecular weight excluding hydrogens is 404 g/mol. The van der Waals surface area contributed by atoms with E-state index in [9.17, 15) is 5.11 Å². The van der Waals surface area contributed by atoms with Crippen molar-refractivity contribution < 1.29 is 5.11 Å². The van der Waals surface area contributed by atoms with E-state index in [0.717, 1.165) is 44.8 Å². The van der Waals surface area contributed by atoms with E-state index in [1.165, 1.54) is 37.8 Å². The van der Waals surface area contributed by atoms with Crippen LogP contribution in [0, 0.1) is 0 Å². The number of aliphatic hydroxyl groups excluding tert-OH is 1. The molecule has 31 heavy (non-hydrogen) atoms. The molecule has 0 bridgehead atoms. The molecule has 1 spiro atoms. The van der Waals surface area contributed by atoms with Crippen LogP contribution in [0.4, 0.5) is 5.69 Å². The summed E-state index contributed by atoms with van der Waals surface area (Å²) >= 11 is 0. The summed E-state index contributed by atoms with van der Waals surface area (Å²) in [4.78, 5) is 5.27. The van der Waals surface area contributed by atoms with Crippen molar-refractivity contribution in [3.63, 3.8) is 0 Å². The van der Waals surface area contributed by atoms with Crippen LogP contribution in [0.1, 0.15) is 73.6 Å². The number of anilines is 1. The first-order chi connectivity index (χ1) is 14.8. The van der Waals surface area contributed by atoms with Gasteiger partial charge in [0.15, 0.2) is 0 Å². The second kappa shape index (κ2) is 8.42. The van der Waals surface area contributed by atoms with Gasteiger partial charge in [0, 0.05) is 31.4 Å². The number of para-hydroxylation sites is 1. The van der Waals surface area contributed by atoms with E-state index in [1.54, 1.807) is 16.7 Å². The largest absolute Gasteiger partial charge is 0.391 e. The molecule has 2 aromatic rings. The number of halogens is 1. The lowest BCUT2D eigenvalue weighted by Gasteiger charge is -2.50. The third-order valence-corrected chi connectivity index (χ3v) is 8.74. The Labute approximate surface area is 192 Å². The molecule has 166 valence electrons. The van der Waals surface area contributed by atoms with E-state index in [2.05, 4.69) is 58.3 Å². The van der Waals surface area contributed by atoms with Crippen molar-refractivity contribution in [1.29, 1.82) is 0 Å². The summed E-state index contributed by atoms with van der Waals surface area (Å²) in [5, 5.41) is 11.0. The van der Waals surface area contributed by atoms with Crippen molar-refractivity contribution in [2.24, 2.45) is 0 Å². The highest BCUT2D eigenvalue weighted by Crippen LogP contribution is 2.49. The number of rotatable bonds is 2. The fraction of sp³-hybridized carbons (Fsp3) is 0.556. The molecule has 2 saturated heterocycles. The van der Waals surface area contributed by atoms with Crippen LogP contribution in [-0.4, -0.2) is 41.3 Å². The lowest BCUT2D eigenvalue weighted by molar-refractivity contribution is 0.0370. The van der Waals surface area contributed by atoms with E-state index in [1.807, 2.05) is 0 Å². The van der Waals surface area contributed by atoms with Gasteiger partial charge in [-0.25, -0.2) is 0 Å². The number of hydrogen-bond acceptors (Lipinski definition) is 3. The predicted molar refractivity (Wildman–Crippen MR) is 129 cm³/mol. The van der Waals surface area contributed by atoms with Crippen molar-refractivity contribution in [2.45, 2.75) is 75.0 Å². The molecule has 2 aliphatic carbocycles. The van der Waals surface area contributed by atoms with Gasteiger partial charge in [0.25, 0.3) is 0 Å². The maximum absolute atomic E-state index is 11.0. The zero-order chi connectivity index (χ0) is 20.1. The summed E-state index contributed by atoms with van der Waals surface area (Å²) in [6, 6.07) is 18.4. The normalized spacial score (nSPS) is 29.5. The Morgan fingerprint density at radius 2 is 1.65 bits per heavy atom.